The van der Waals surface area contributed by atoms with Gasteiger partial charge in [0.1, 0.15) is 17.7 Å². The Morgan fingerprint density at radius 1 is 1.32 bits per heavy atom. The largest absolute Gasteiger partial charge is 0.444 e. The third-order valence-electron chi connectivity index (χ3n) is 3.92. The Morgan fingerprint density at radius 3 is 2.54 bits per heavy atom. The molecule has 28 heavy (non-hydrogen) atoms. The Balaban J connectivity index is 2.18. The van der Waals surface area contributed by atoms with E-state index < -0.39 is 29.0 Å². The highest BCUT2D eigenvalue weighted by atomic mass is 16.6. The second-order valence-electron chi connectivity index (χ2n) is 7.42. The number of carbonyl (C=O) groups is 2. The van der Waals surface area contributed by atoms with Gasteiger partial charge >= 0.3 is 11.8 Å². The van der Waals surface area contributed by atoms with Crippen molar-refractivity contribution in [2.45, 2.75) is 45.8 Å². The number of carbonyl (C=O) groups excluding carboxylic acids is 2. The summed E-state index contributed by atoms with van der Waals surface area (Å²) in [4.78, 5) is 51.7. The van der Waals surface area contributed by atoms with E-state index in [1.54, 1.807) is 40.8 Å². The molecule has 0 aromatic carbocycles. The van der Waals surface area contributed by atoms with Crippen molar-refractivity contribution < 1.29 is 14.3 Å². The van der Waals surface area contributed by atoms with Crippen molar-refractivity contribution in [2.24, 2.45) is 7.05 Å². The minimum atomic E-state index is -0.794. The number of pyridine rings is 1. The van der Waals surface area contributed by atoms with Crippen LogP contribution < -0.4 is 16.6 Å². The zero-order chi connectivity index (χ0) is 21.1. The number of ether oxygens (including phenoxy) is 1. The van der Waals surface area contributed by atoms with Gasteiger partial charge in [0.25, 0.3) is 5.56 Å². The molecule has 2 rings (SSSR count). The SMILES string of the molecule is Cc1cc(=O)n(-c2ccc(CC(C=O)NC(=O)OC(C)(C)C)cn2)c(=O)n1C. The first-order chi connectivity index (χ1) is 13.0. The molecule has 2 heterocycles. The predicted molar refractivity (Wildman–Crippen MR) is 103 cm³/mol. The van der Waals surface area contributed by atoms with Gasteiger partial charge in [-0.2, -0.15) is 0 Å². The number of nitrogens with one attached hydrogen (secondary N) is 1. The molecule has 0 aliphatic heterocycles. The van der Waals surface area contributed by atoms with Crippen LogP contribution in [0.25, 0.3) is 5.82 Å². The monoisotopic (exact) mass is 388 g/mol. The smallest absolute Gasteiger partial charge is 0.408 e. The zero-order valence-electron chi connectivity index (χ0n) is 16.6. The zero-order valence-corrected chi connectivity index (χ0v) is 16.6. The molecule has 0 aliphatic rings. The van der Waals surface area contributed by atoms with Gasteiger partial charge in [0.05, 0.1) is 6.04 Å². The summed E-state index contributed by atoms with van der Waals surface area (Å²) in [6, 6.07) is 3.71. The molecule has 9 nitrogen and oxygen atoms in total. The summed E-state index contributed by atoms with van der Waals surface area (Å²) in [6.07, 6.45) is 1.56. The van der Waals surface area contributed by atoms with E-state index in [9.17, 15) is 19.2 Å². The molecule has 0 saturated carbocycles. The maximum Gasteiger partial charge on any atom is 0.408 e. The maximum atomic E-state index is 12.3. The van der Waals surface area contributed by atoms with Gasteiger partial charge in [-0.15, -0.1) is 0 Å². The van der Waals surface area contributed by atoms with Crippen LogP contribution in [0.5, 0.6) is 0 Å². The number of nitrogens with zero attached hydrogens (tertiary/aromatic N) is 3. The molecule has 0 fully saturated rings. The fourth-order valence-electron chi connectivity index (χ4n) is 2.46. The molecular formula is C19H24N4O5. The van der Waals surface area contributed by atoms with Gasteiger partial charge in [-0.25, -0.2) is 19.1 Å². The summed E-state index contributed by atoms with van der Waals surface area (Å²) < 4.78 is 7.45. The molecular weight excluding hydrogens is 364 g/mol. The van der Waals surface area contributed by atoms with Crippen molar-refractivity contribution in [1.82, 2.24) is 19.4 Å². The number of alkyl carbamates (subject to hydrolysis) is 1. The molecule has 150 valence electrons. The van der Waals surface area contributed by atoms with Crippen molar-refractivity contribution >= 4 is 12.4 Å². The van der Waals surface area contributed by atoms with E-state index in [0.717, 1.165) is 4.57 Å². The first kappa shape index (κ1) is 21.1. The fraction of sp³-hybridized carbons (Fsp3) is 0.421. The van der Waals surface area contributed by atoms with Crippen LogP contribution in [0.3, 0.4) is 0 Å². The molecule has 0 radical (unpaired) electrons. The Morgan fingerprint density at radius 2 is 2.00 bits per heavy atom. The molecule has 0 spiro atoms. The second-order valence-corrected chi connectivity index (χ2v) is 7.42. The highest BCUT2D eigenvalue weighted by molar-refractivity contribution is 5.73. The van der Waals surface area contributed by atoms with Crippen molar-refractivity contribution in [2.75, 3.05) is 0 Å². The van der Waals surface area contributed by atoms with E-state index in [1.807, 2.05) is 0 Å². The van der Waals surface area contributed by atoms with Crippen LogP contribution in [0, 0.1) is 6.92 Å². The van der Waals surface area contributed by atoms with E-state index in [1.165, 1.54) is 22.9 Å². The average Bonchev–Trinajstić information content (AvgIpc) is 2.59. The first-order valence-electron chi connectivity index (χ1n) is 8.71. The van der Waals surface area contributed by atoms with E-state index in [0.29, 0.717) is 17.5 Å². The second kappa shape index (κ2) is 8.20. The summed E-state index contributed by atoms with van der Waals surface area (Å²) in [6.45, 7) is 6.84. The molecule has 0 bridgehead atoms. The summed E-state index contributed by atoms with van der Waals surface area (Å²) in [5.74, 6) is 0.178. The number of hydrogen-bond donors (Lipinski definition) is 1. The lowest BCUT2D eigenvalue weighted by atomic mass is 10.1. The van der Waals surface area contributed by atoms with Gasteiger partial charge in [0.15, 0.2) is 0 Å². The van der Waals surface area contributed by atoms with Crippen molar-refractivity contribution in [1.29, 1.82) is 0 Å². The molecule has 2 aromatic rings. The molecule has 2 aromatic heterocycles. The summed E-state index contributed by atoms with van der Waals surface area (Å²) in [7, 11) is 1.57. The summed E-state index contributed by atoms with van der Waals surface area (Å²) >= 11 is 0. The minimum absolute atomic E-state index is 0.178. The van der Waals surface area contributed by atoms with Crippen LogP contribution in [0.15, 0.2) is 34.0 Å². The predicted octanol–water partition coefficient (Wildman–Crippen LogP) is 0.874. The number of aromatic nitrogens is 3. The minimum Gasteiger partial charge on any atom is -0.444 e. The number of aldehydes is 1. The lowest BCUT2D eigenvalue weighted by Gasteiger charge is -2.21. The van der Waals surface area contributed by atoms with E-state index in [4.69, 9.17) is 4.74 Å². The van der Waals surface area contributed by atoms with E-state index in [2.05, 4.69) is 10.3 Å². The van der Waals surface area contributed by atoms with Gasteiger partial charge in [0, 0.05) is 31.4 Å². The molecule has 1 amide bonds. The third kappa shape index (κ3) is 5.15. The van der Waals surface area contributed by atoms with Gasteiger partial charge in [-0.3, -0.25) is 4.79 Å². The normalized spacial score (nSPS) is 12.3. The van der Waals surface area contributed by atoms with Crippen molar-refractivity contribution in [3.05, 3.63) is 56.5 Å². The van der Waals surface area contributed by atoms with E-state index >= 15 is 0 Å². The third-order valence-corrected chi connectivity index (χ3v) is 3.92. The molecule has 1 N–H and O–H groups in total. The number of amides is 1. The fourth-order valence-corrected chi connectivity index (χ4v) is 2.46. The van der Waals surface area contributed by atoms with Crippen LogP contribution in [0.1, 0.15) is 32.0 Å². The maximum absolute atomic E-state index is 12.3. The molecule has 1 atom stereocenters. The van der Waals surface area contributed by atoms with Crippen LogP contribution in [0.2, 0.25) is 0 Å². The molecule has 0 aliphatic carbocycles. The number of hydrogen-bond acceptors (Lipinski definition) is 6. The highest BCUT2D eigenvalue weighted by Crippen LogP contribution is 2.08. The number of aryl methyl sites for hydroxylation is 1. The lowest BCUT2D eigenvalue weighted by Crippen LogP contribution is -2.41. The van der Waals surface area contributed by atoms with Gasteiger partial charge in [-0.1, -0.05) is 6.07 Å². The van der Waals surface area contributed by atoms with Gasteiger partial charge in [-0.05, 0) is 39.3 Å². The first-order valence-corrected chi connectivity index (χ1v) is 8.71. The Labute approximate surface area is 162 Å². The van der Waals surface area contributed by atoms with Crippen LogP contribution in [-0.4, -0.2) is 38.1 Å². The van der Waals surface area contributed by atoms with Gasteiger partial charge < -0.3 is 19.4 Å². The average molecular weight is 388 g/mol. The summed E-state index contributed by atoms with van der Waals surface area (Å²) in [5, 5.41) is 2.48. The van der Waals surface area contributed by atoms with Gasteiger partial charge in [0.2, 0.25) is 0 Å². The van der Waals surface area contributed by atoms with E-state index in [-0.39, 0.29) is 12.2 Å². The topological polar surface area (TPSA) is 112 Å². The van der Waals surface area contributed by atoms with Crippen LogP contribution in [-0.2, 0) is 23.0 Å². The molecule has 1 unspecified atom stereocenters. The molecule has 0 saturated heterocycles. The van der Waals surface area contributed by atoms with Crippen molar-refractivity contribution in [3.63, 3.8) is 0 Å². The Hall–Kier alpha value is -3.23. The lowest BCUT2D eigenvalue weighted by molar-refractivity contribution is -0.109. The van der Waals surface area contributed by atoms with Crippen molar-refractivity contribution in [3.8, 4) is 5.82 Å². The van der Waals surface area contributed by atoms with Crippen LogP contribution in [0.4, 0.5) is 4.79 Å². The molecule has 9 heteroatoms. The summed E-state index contributed by atoms with van der Waals surface area (Å²) in [5.41, 5.74) is -0.451. The number of rotatable bonds is 5. The Kier molecular flexibility index (Phi) is 6.17. The quantitative estimate of drug-likeness (QED) is 0.761. The highest BCUT2D eigenvalue weighted by Gasteiger charge is 2.19. The van der Waals surface area contributed by atoms with Crippen LogP contribution >= 0.6 is 0 Å². The Bertz CT molecular complexity index is 983. The standard InChI is InChI=1S/C19H24N4O5/c1-12-8-16(25)23(18(27)22(12)5)15-7-6-13(10-20-15)9-14(11-24)21-17(26)28-19(2,3)4/h6-8,10-11,14H,9H2,1-5H3,(H,21,26).